The van der Waals surface area contributed by atoms with Crippen LogP contribution in [0, 0.1) is 6.92 Å². The Hall–Kier alpha value is -1.36. The first-order chi connectivity index (χ1) is 7.61. The summed E-state index contributed by atoms with van der Waals surface area (Å²) >= 11 is 0. The molecule has 1 atom stereocenters. The fourth-order valence-corrected chi connectivity index (χ4v) is 1.43. The van der Waals surface area contributed by atoms with E-state index in [0.29, 0.717) is 18.9 Å². The molecule has 0 fully saturated rings. The molecule has 0 aliphatic heterocycles. The molecule has 1 aromatic heterocycles. The van der Waals surface area contributed by atoms with Gasteiger partial charge in [-0.3, -0.25) is 4.79 Å². The Bertz CT molecular complexity index is 336. The average molecular weight is 225 g/mol. The van der Waals surface area contributed by atoms with Crippen molar-refractivity contribution in [2.45, 2.75) is 39.8 Å². The van der Waals surface area contributed by atoms with Crippen LogP contribution in [0.15, 0.2) is 10.6 Å². The average Bonchev–Trinajstić information content (AvgIpc) is 2.61. The molecule has 0 radical (unpaired) electrons. The van der Waals surface area contributed by atoms with E-state index in [-0.39, 0.29) is 11.9 Å². The Morgan fingerprint density at radius 3 is 2.94 bits per heavy atom. The Labute approximate surface area is 95.6 Å². The third-order valence-corrected chi connectivity index (χ3v) is 2.15. The largest absolute Gasteiger partial charge is 0.444 e. The Kier molecular flexibility index (Phi) is 4.98. The van der Waals surface area contributed by atoms with Crippen molar-refractivity contribution in [1.29, 1.82) is 0 Å². The lowest BCUT2D eigenvalue weighted by atomic mass is 10.2. The molecule has 2 N–H and O–H groups in total. The summed E-state index contributed by atoms with van der Waals surface area (Å²) < 4.78 is 5.24. The van der Waals surface area contributed by atoms with Crippen LogP contribution < -0.4 is 10.6 Å². The molecule has 0 bridgehead atoms. The number of hydrogen-bond donors (Lipinski definition) is 2. The van der Waals surface area contributed by atoms with Gasteiger partial charge in [0.25, 0.3) is 0 Å². The Balaban J connectivity index is 2.25. The second-order valence-corrected chi connectivity index (χ2v) is 3.80. The molecule has 0 aliphatic rings. The smallest absolute Gasteiger partial charge is 0.221 e. The van der Waals surface area contributed by atoms with Crippen molar-refractivity contribution in [1.82, 2.24) is 15.6 Å². The summed E-state index contributed by atoms with van der Waals surface area (Å²) in [5, 5.41) is 5.95. The standard InChI is InChI=1S/C11H19N3O2/c1-4-12-8(2)5-10(15)13-7-11-14-6-9(3)16-11/h6,8,12H,4-5,7H2,1-3H3,(H,13,15). The number of rotatable bonds is 6. The van der Waals surface area contributed by atoms with E-state index < -0.39 is 0 Å². The fraction of sp³-hybridized carbons (Fsp3) is 0.636. The van der Waals surface area contributed by atoms with Gasteiger partial charge in [0.2, 0.25) is 11.8 Å². The molecule has 1 amide bonds. The molecular formula is C11H19N3O2. The number of nitrogens with one attached hydrogen (secondary N) is 2. The van der Waals surface area contributed by atoms with Crippen LogP contribution in [-0.4, -0.2) is 23.5 Å². The number of aryl methyl sites for hydroxylation is 1. The summed E-state index contributed by atoms with van der Waals surface area (Å²) in [6.45, 7) is 7.05. The Morgan fingerprint density at radius 2 is 2.38 bits per heavy atom. The van der Waals surface area contributed by atoms with Crippen LogP contribution in [0.5, 0.6) is 0 Å². The highest BCUT2D eigenvalue weighted by Crippen LogP contribution is 2.00. The third-order valence-electron chi connectivity index (χ3n) is 2.15. The second-order valence-electron chi connectivity index (χ2n) is 3.80. The monoisotopic (exact) mass is 225 g/mol. The van der Waals surface area contributed by atoms with Gasteiger partial charge in [0, 0.05) is 12.5 Å². The van der Waals surface area contributed by atoms with E-state index in [0.717, 1.165) is 12.3 Å². The van der Waals surface area contributed by atoms with Crippen molar-refractivity contribution >= 4 is 5.91 Å². The molecule has 0 saturated heterocycles. The summed E-state index contributed by atoms with van der Waals surface area (Å²) in [4.78, 5) is 15.5. The minimum absolute atomic E-state index is 0.00398. The molecule has 5 heteroatoms. The van der Waals surface area contributed by atoms with Crippen molar-refractivity contribution in [3.8, 4) is 0 Å². The van der Waals surface area contributed by atoms with E-state index in [1.165, 1.54) is 0 Å². The highest BCUT2D eigenvalue weighted by molar-refractivity contribution is 5.76. The highest BCUT2D eigenvalue weighted by atomic mass is 16.4. The van der Waals surface area contributed by atoms with Gasteiger partial charge in [0.1, 0.15) is 5.76 Å². The van der Waals surface area contributed by atoms with Gasteiger partial charge in [0.15, 0.2) is 0 Å². The predicted molar refractivity (Wildman–Crippen MR) is 60.8 cm³/mol. The van der Waals surface area contributed by atoms with E-state index in [4.69, 9.17) is 4.42 Å². The Morgan fingerprint density at radius 1 is 1.62 bits per heavy atom. The summed E-state index contributed by atoms with van der Waals surface area (Å²) in [7, 11) is 0. The molecule has 1 heterocycles. The van der Waals surface area contributed by atoms with Crippen molar-refractivity contribution < 1.29 is 9.21 Å². The van der Waals surface area contributed by atoms with Gasteiger partial charge in [-0.05, 0) is 20.4 Å². The number of nitrogens with zero attached hydrogens (tertiary/aromatic N) is 1. The number of aromatic nitrogens is 1. The lowest BCUT2D eigenvalue weighted by molar-refractivity contribution is -0.121. The fourth-order valence-electron chi connectivity index (χ4n) is 1.43. The van der Waals surface area contributed by atoms with Gasteiger partial charge >= 0.3 is 0 Å². The number of oxazole rings is 1. The van der Waals surface area contributed by atoms with Crippen molar-refractivity contribution in [3.05, 3.63) is 17.8 Å². The lowest BCUT2D eigenvalue weighted by Gasteiger charge is -2.11. The van der Waals surface area contributed by atoms with Crippen LogP contribution >= 0.6 is 0 Å². The van der Waals surface area contributed by atoms with Gasteiger partial charge in [-0.1, -0.05) is 6.92 Å². The first-order valence-electron chi connectivity index (χ1n) is 5.53. The van der Waals surface area contributed by atoms with Gasteiger partial charge in [0.05, 0.1) is 12.7 Å². The van der Waals surface area contributed by atoms with Gasteiger partial charge < -0.3 is 15.1 Å². The van der Waals surface area contributed by atoms with Crippen molar-refractivity contribution in [3.63, 3.8) is 0 Å². The van der Waals surface area contributed by atoms with E-state index in [1.54, 1.807) is 6.20 Å². The SMILES string of the molecule is CCNC(C)CC(=O)NCc1ncc(C)o1. The maximum absolute atomic E-state index is 11.5. The molecule has 0 aromatic carbocycles. The lowest BCUT2D eigenvalue weighted by Crippen LogP contribution is -2.33. The summed E-state index contributed by atoms with van der Waals surface area (Å²) in [6.07, 6.45) is 2.11. The van der Waals surface area contributed by atoms with Gasteiger partial charge in [-0.15, -0.1) is 0 Å². The normalized spacial score (nSPS) is 12.4. The van der Waals surface area contributed by atoms with Gasteiger partial charge in [-0.25, -0.2) is 4.98 Å². The van der Waals surface area contributed by atoms with Crippen LogP contribution in [0.3, 0.4) is 0 Å². The van der Waals surface area contributed by atoms with Crippen LogP contribution in [0.4, 0.5) is 0 Å². The molecule has 90 valence electrons. The van der Waals surface area contributed by atoms with E-state index >= 15 is 0 Å². The summed E-state index contributed by atoms with van der Waals surface area (Å²) in [5.41, 5.74) is 0. The van der Waals surface area contributed by atoms with Crippen molar-refractivity contribution in [2.75, 3.05) is 6.54 Å². The molecule has 16 heavy (non-hydrogen) atoms. The van der Waals surface area contributed by atoms with Crippen molar-refractivity contribution in [2.24, 2.45) is 0 Å². The number of hydrogen-bond acceptors (Lipinski definition) is 4. The second kappa shape index (κ2) is 6.27. The van der Waals surface area contributed by atoms with E-state index in [1.807, 2.05) is 20.8 Å². The zero-order valence-electron chi connectivity index (χ0n) is 10.0. The number of carbonyl (C=O) groups is 1. The van der Waals surface area contributed by atoms with Crippen LogP contribution in [-0.2, 0) is 11.3 Å². The molecule has 5 nitrogen and oxygen atoms in total. The quantitative estimate of drug-likeness (QED) is 0.757. The molecule has 1 aromatic rings. The predicted octanol–water partition coefficient (Wildman–Crippen LogP) is 0.987. The van der Waals surface area contributed by atoms with Crippen LogP contribution in [0.25, 0.3) is 0 Å². The minimum Gasteiger partial charge on any atom is -0.444 e. The van der Waals surface area contributed by atoms with Crippen LogP contribution in [0.1, 0.15) is 31.9 Å². The van der Waals surface area contributed by atoms with E-state index in [2.05, 4.69) is 15.6 Å². The molecular weight excluding hydrogens is 206 g/mol. The van der Waals surface area contributed by atoms with Crippen LogP contribution in [0.2, 0.25) is 0 Å². The first kappa shape index (κ1) is 12.7. The maximum Gasteiger partial charge on any atom is 0.221 e. The molecule has 0 saturated carbocycles. The first-order valence-corrected chi connectivity index (χ1v) is 5.53. The third kappa shape index (κ3) is 4.44. The zero-order valence-corrected chi connectivity index (χ0v) is 10.0. The molecule has 0 aliphatic carbocycles. The molecule has 1 unspecified atom stereocenters. The minimum atomic E-state index is 0.00398. The van der Waals surface area contributed by atoms with E-state index in [9.17, 15) is 4.79 Å². The zero-order chi connectivity index (χ0) is 12.0. The molecule has 1 rings (SSSR count). The number of amides is 1. The maximum atomic E-state index is 11.5. The summed E-state index contributed by atoms with van der Waals surface area (Å²) in [6, 6.07) is 0.191. The highest BCUT2D eigenvalue weighted by Gasteiger charge is 2.08. The molecule has 0 spiro atoms. The van der Waals surface area contributed by atoms with Gasteiger partial charge in [-0.2, -0.15) is 0 Å². The summed E-state index contributed by atoms with van der Waals surface area (Å²) in [5.74, 6) is 1.30. The number of carbonyl (C=O) groups excluding carboxylic acids is 1. The topological polar surface area (TPSA) is 67.2 Å².